The third-order valence-corrected chi connectivity index (χ3v) is 12.4. The van der Waals surface area contributed by atoms with E-state index in [4.69, 9.17) is 23.7 Å². The number of benzene rings is 2. The van der Waals surface area contributed by atoms with E-state index in [1.54, 1.807) is 44.7 Å². The number of aromatic hydroxyl groups is 2. The van der Waals surface area contributed by atoms with Crippen LogP contribution in [0.5, 0.6) is 23.0 Å². The minimum atomic E-state index is -2.02. The van der Waals surface area contributed by atoms with Gasteiger partial charge in [0.25, 0.3) is 17.6 Å². The molecule has 0 aliphatic carbocycles. The SMILES string of the molecule is COC1/C=C/OC2(C)Oc3c(C)c(O)c4c(O)c(cc(OCC(=O)N5C(C)CCC5C)c4c3C2=O)NC(=O)/C(C)=C/C=C/C(C)C(O)C(C)C(O)C(C)C(OC(C)=O)C1C.[Na+]. The van der Waals surface area contributed by atoms with E-state index in [0.717, 1.165) is 12.8 Å². The number of fused-ring (bicyclic) bond motifs is 14. The predicted molar refractivity (Wildman–Crippen MR) is 223 cm³/mol. The van der Waals surface area contributed by atoms with Crippen LogP contribution in [0.1, 0.15) is 91.1 Å². The monoisotopic (exact) mass is 859 g/mol. The maximum absolute atomic E-state index is 14.5. The van der Waals surface area contributed by atoms with Crippen molar-refractivity contribution in [2.45, 2.75) is 124 Å². The number of carbonyl (C=O) groups excluding carboxylic acids is 4. The Morgan fingerprint density at radius 1 is 0.934 bits per heavy atom. The summed E-state index contributed by atoms with van der Waals surface area (Å²) in [7, 11) is 1.44. The normalized spacial score (nSPS) is 32.9. The smallest absolute Gasteiger partial charge is 0.507 e. The number of nitrogens with zero attached hydrogens (tertiary/aromatic N) is 1. The number of phenols is 2. The summed E-state index contributed by atoms with van der Waals surface area (Å²) in [6.45, 7) is 16.0. The van der Waals surface area contributed by atoms with Gasteiger partial charge < -0.3 is 54.3 Å². The summed E-state index contributed by atoms with van der Waals surface area (Å²) in [6, 6.07) is 1.24. The molecule has 4 heterocycles. The number of aliphatic hydroxyl groups excluding tert-OH is 2. The summed E-state index contributed by atoms with van der Waals surface area (Å²) in [5.41, 5.74) is 0.0212. The Labute approximate surface area is 379 Å². The van der Waals surface area contributed by atoms with Gasteiger partial charge in [-0.1, -0.05) is 45.9 Å². The number of anilines is 1. The Hall–Kier alpha value is -4.12. The topological polar surface area (TPSA) is 211 Å². The summed E-state index contributed by atoms with van der Waals surface area (Å²) in [6.07, 6.45) is 5.28. The molecule has 6 rings (SSSR count). The van der Waals surface area contributed by atoms with Gasteiger partial charge in [-0.15, -0.1) is 0 Å². The first-order valence-electron chi connectivity index (χ1n) is 20.4. The summed E-state index contributed by atoms with van der Waals surface area (Å²) in [4.78, 5) is 55.8. The van der Waals surface area contributed by atoms with Crippen molar-refractivity contribution in [1.82, 2.24) is 4.90 Å². The molecule has 5 N–H and O–H groups in total. The molecule has 1 saturated heterocycles. The molecule has 0 radical (unpaired) electrons. The van der Waals surface area contributed by atoms with Gasteiger partial charge in [0.15, 0.2) is 12.4 Å². The minimum absolute atomic E-state index is 0. The number of hydrogen-bond donors (Lipinski definition) is 5. The molecule has 0 spiro atoms. The quantitative estimate of drug-likeness (QED) is 0.167. The second kappa shape index (κ2) is 19.9. The number of methoxy groups -OCH3 is 1. The van der Waals surface area contributed by atoms with Crippen LogP contribution in [0.15, 0.2) is 42.2 Å². The second-order valence-corrected chi connectivity index (χ2v) is 16.8. The third kappa shape index (κ3) is 9.92. The van der Waals surface area contributed by atoms with Gasteiger partial charge in [0, 0.05) is 79.3 Å². The number of allylic oxidation sites excluding steroid dienone is 2. The number of amides is 2. The molecule has 4 aliphatic heterocycles. The Kier molecular flexibility index (Phi) is 16.2. The number of likely N-dealkylation sites (tertiary alicyclic amines) is 1. The first-order valence-corrected chi connectivity index (χ1v) is 20.4. The van der Waals surface area contributed by atoms with Crippen molar-refractivity contribution in [3.8, 4) is 23.0 Å². The van der Waals surface area contributed by atoms with Crippen LogP contribution in [-0.2, 0) is 28.6 Å². The molecule has 0 aromatic heterocycles. The second-order valence-electron chi connectivity index (χ2n) is 16.8. The van der Waals surface area contributed by atoms with E-state index < -0.39 is 89.6 Å². The van der Waals surface area contributed by atoms with Crippen LogP contribution in [0.2, 0.25) is 0 Å². The van der Waals surface area contributed by atoms with E-state index in [9.17, 15) is 39.6 Å². The zero-order valence-electron chi connectivity index (χ0n) is 37.3. The minimum Gasteiger partial charge on any atom is -0.507 e. The average molecular weight is 860 g/mol. The van der Waals surface area contributed by atoms with Gasteiger partial charge in [0.1, 0.15) is 23.4 Å². The molecule has 16 heteroatoms. The zero-order chi connectivity index (χ0) is 44.5. The van der Waals surface area contributed by atoms with Crippen molar-refractivity contribution >= 4 is 40.0 Å². The number of hydrogen-bond acceptors (Lipinski definition) is 13. The predicted octanol–water partition coefficient (Wildman–Crippen LogP) is 2.83. The number of ketones is 1. The molecular weight excluding hydrogens is 799 g/mol. The molecule has 0 saturated carbocycles. The average Bonchev–Trinajstić information content (AvgIpc) is 3.68. The van der Waals surface area contributed by atoms with Gasteiger partial charge >= 0.3 is 41.3 Å². The van der Waals surface area contributed by atoms with E-state index in [0.29, 0.717) is 0 Å². The first kappa shape index (κ1) is 49.5. The van der Waals surface area contributed by atoms with E-state index >= 15 is 0 Å². The van der Waals surface area contributed by atoms with Crippen molar-refractivity contribution in [3.63, 3.8) is 0 Å². The van der Waals surface area contributed by atoms with Gasteiger partial charge in [-0.25, -0.2) is 0 Å². The molecule has 15 nitrogen and oxygen atoms in total. The number of aliphatic hydroxyl groups is 2. The summed E-state index contributed by atoms with van der Waals surface area (Å²) < 4.78 is 29.9. The van der Waals surface area contributed by atoms with E-state index in [1.165, 1.54) is 59.3 Å². The number of rotatable bonds is 5. The van der Waals surface area contributed by atoms with Crippen LogP contribution in [0.3, 0.4) is 0 Å². The maximum Gasteiger partial charge on any atom is 1.00 e. The van der Waals surface area contributed by atoms with Crippen molar-refractivity contribution in [2.24, 2.45) is 23.7 Å². The van der Waals surface area contributed by atoms with E-state index in [2.05, 4.69) is 5.32 Å². The van der Waals surface area contributed by atoms with Gasteiger partial charge in [0.2, 0.25) is 0 Å². The van der Waals surface area contributed by atoms with Crippen LogP contribution < -0.4 is 44.3 Å². The molecule has 5 bridgehead atoms. The molecule has 11 atom stereocenters. The van der Waals surface area contributed by atoms with Crippen molar-refractivity contribution < 1.29 is 92.8 Å². The molecule has 2 aromatic rings. The van der Waals surface area contributed by atoms with Crippen molar-refractivity contribution in [3.05, 3.63) is 53.3 Å². The van der Waals surface area contributed by atoms with Gasteiger partial charge in [-0.2, -0.15) is 0 Å². The molecule has 11 unspecified atom stereocenters. The first-order chi connectivity index (χ1) is 28.1. The van der Waals surface area contributed by atoms with Gasteiger partial charge in [-0.3, -0.25) is 19.2 Å². The van der Waals surface area contributed by atoms with Crippen LogP contribution >= 0.6 is 0 Å². The molecular formula is C45H60N2NaO13+. The summed E-state index contributed by atoms with van der Waals surface area (Å²) in [5, 5.41) is 48.6. The maximum atomic E-state index is 14.5. The largest absolute Gasteiger partial charge is 1.00 e. The molecule has 2 aromatic carbocycles. The summed E-state index contributed by atoms with van der Waals surface area (Å²) in [5.74, 6) is -7.90. The van der Waals surface area contributed by atoms with Crippen molar-refractivity contribution in [1.29, 1.82) is 0 Å². The van der Waals surface area contributed by atoms with Gasteiger partial charge in [-0.05, 0) is 46.6 Å². The van der Waals surface area contributed by atoms with Gasteiger partial charge in [0.05, 0.1) is 41.2 Å². The van der Waals surface area contributed by atoms with E-state index in [1.807, 2.05) is 13.8 Å². The molecule has 1 fully saturated rings. The number of nitrogens with one attached hydrogen (secondary N) is 1. The van der Waals surface area contributed by atoms with Crippen LogP contribution in [0, 0.1) is 30.6 Å². The Morgan fingerprint density at radius 2 is 1.57 bits per heavy atom. The van der Waals surface area contributed by atoms with E-state index in [-0.39, 0.29) is 92.2 Å². The Balaban J connectivity index is 0.00000819. The Bertz CT molecular complexity index is 2090. The molecule has 328 valence electrons. The zero-order valence-corrected chi connectivity index (χ0v) is 39.3. The van der Waals surface area contributed by atoms with Crippen molar-refractivity contribution in [2.75, 3.05) is 19.0 Å². The fourth-order valence-corrected chi connectivity index (χ4v) is 8.65. The number of Topliss-reactive ketones (excluding diaryl/α,β-unsaturated/α-hetero) is 1. The number of esters is 1. The number of carbonyl (C=O) groups is 4. The fourth-order valence-electron chi connectivity index (χ4n) is 8.65. The van der Waals surface area contributed by atoms with Crippen LogP contribution in [0.25, 0.3) is 10.8 Å². The molecule has 2 amide bonds. The molecule has 61 heavy (non-hydrogen) atoms. The molecule has 4 aliphatic rings. The third-order valence-electron chi connectivity index (χ3n) is 12.4. The number of phenolic OH excluding ortho intramolecular Hbond substituents is 2. The Morgan fingerprint density at radius 3 is 2.18 bits per heavy atom. The van der Waals surface area contributed by atoms with Crippen LogP contribution in [-0.4, -0.2) is 105 Å². The summed E-state index contributed by atoms with van der Waals surface area (Å²) >= 11 is 0. The standard InChI is InChI=1S/C45H60N2O13.Na/c1-21-13-12-14-22(2)44(55)46-30-19-32(57-20-33(49)47-23(3)15-16-24(47)4)34-35(40(30)53)39(52)28(8)42-36(34)43(54)45(10,60-42)58-18-17-31(56-11)25(5)41(59-29(9)48)27(7)38(51)26(6)37(21)50;/h12-14,17-19,21,23-27,31,37-38,41,50-53H,15-16,20H2,1-11H3,(H,46,55);/q;+1/b13-12+,18-17+,22-14+;. The fraction of sp³-hybridized carbons (Fsp3) is 0.556. The van der Waals surface area contributed by atoms with Crippen LogP contribution in [0.4, 0.5) is 5.69 Å². The number of ether oxygens (including phenoxy) is 5.